The third-order valence-corrected chi connectivity index (χ3v) is 6.24. The van der Waals surface area contributed by atoms with Gasteiger partial charge in [0.15, 0.2) is 0 Å². The van der Waals surface area contributed by atoms with Crippen molar-refractivity contribution in [3.05, 3.63) is 0 Å². The maximum absolute atomic E-state index is 11.2. The Bertz CT molecular complexity index is 348. The quantitative estimate of drug-likeness (QED) is 0.658. The smallest absolute Gasteiger partial charge is 0.222 e. The van der Waals surface area contributed by atoms with E-state index < -0.39 is 0 Å². The molecule has 15 heavy (non-hydrogen) atoms. The van der Waals surface area contributed by atoms with Crippen LogP contribution in [0.5, 0.6) is 0 Å². The lowest BCUT2D eigenvalue weighted by Gasteiger charge is -2.35. The summed E-state index contributed by atoms with van der Waals surface area (Å²) in [5.41, 5.74) is 1.12. The van der Waals surface area contributed by atoms with Gasteiger partial charge in [-0.3, -0.25) is 4.79 Å². The number of hydrogen-bond acceptors (Lipinski definition) is 1. The van der Waals surface area contributed by atoms with Crippen molar-refractivity contribution in [3.63, 3.8) is 0 Å². The molecule has 2 bridgehead atoms. The largest absolute Gasteiger partial charge is 0.281 e. The molecule has 0 aromatic carbocycles. The van der Waals surface area contributed by atoms with Crippen molar-refractivity contribution in [2.45, 2.75) is 44.9 Å². The van der Waals surface area contributed by atoms with Crippen LogP contribution < -0.4 is 0 Å². The molecule has 0 aromatic heterocycles. The maximum Gasteiger partial charge on any atom is 0.222 e. The molecule has 0 radical (unpaired) electrons. The van der Waals surface area contributed by atoms with E-state index in [0.717, 1.165) is 23.2 Å². The van der Waals surface area contributed by atoms with E-state index in [1.54, 1.807) is 0 Å². The average Bonchev–Trinajstić information content (AvgIpc) is 2.57. The zero-order valence-electron chi connectivity index (χ0n) is 8.97. The van der Waals surface area contributed by atoms with E-state index in [4.69, 9.17) is 11.6 Å². The van der Waals surface area contributed by atoms with Gasteiger partial charge in [-0.2, -0.15) is 0 Å². The second kappa shape index (κ2) is 2.45. The molecule has 0 aliphatic heterocycles. The molecule has 1 nitrogen and oxygen atoms in total. The average molecular weight is 225 g/mol. The number of fused-ring (bicyclic) bond motifs is 1. The van der Waals surface area contributed by atoms with Gasteiger partial charge in [0.1, 0.15) is 0 Å². The summed E-state index contributed by atoms with van der Waals surface area (Å²) in [4.78, 5) is 11.2. The highest BCUT2D eigenvalue weighted by Gasteiger charge is 2.72. The molecule has 5 unspecified atom stereocenters. The van der Waals surface area contributed by atoms with Crippen molar-refractivity contribution < 1.29 is 4.79 Å². The van der Waals surface area contributed by atoms with E-state index in [1.165, 1.54) is 38.5 Å². The van der Waals surface area contributed by atoms with Crippen LogP contribution in [-0.2, 0) is 4.79 Å². The number of halogens is 1. The van der Waals surface area contributed by atoms with E-state index in [1.807, 2.05) is 0 Å². The Labute approximate surface area is 95.6 Å². The van der Waals surface area contributed by atoms with Gasteiger partial charge < -0.3 is 0 Å². The van der Waals surface area contributed by atoms with Crippen LogP contribution in [0, 0.1) is 28.6 Å². The van der Waals surface area contributed by atoms with E-state index >= 15 is 0 Å². The van der Waals surface area contributed by atoms with Crippen molar-refractivity contribution in [1.29, 1.82) is 0 Å². The third-order valence-electron chi connectivity index (χ3n) is 6.11. The molecule has 5 atom stereocenters. The fourth-order valence-corrected chi connectivity index (χ4v) is 5.95. The number of rotatable bonds is 2. The molecular formula is C13H17ClO. The number of carbonyl (C=O) groups excluding carboxylic acids is 1. The lowest BCUT2D eigenvalue weighted by Crippen LogP contribution is -2.28. The van der Waals surface area contributed by atoms with Crippen LogP contribution in [0.2, 0.25) is 0 Å². The zero-order chi connectivity index (χ0) is 10.3. The Kier molecular flexibility index (Phi) is 1.47. The van der Waals surface area contributed by atoms with Gasteiger partial charge in [-0.25, -0.2) is 0 Å². The maximum atomic E-state index is 11.2. The van der Waals surface area contributed by atoms with Crippen molar-refractivity contribution in [1.82, 2.24) is 0 Å². The van der Waals surface area contributed by atoms with Crippen LogP contribution in [0.4, 0.5) is 0 Å². The normalized spacial score (nSPS) is 59.1. The molecule has 4 rings (SSSR count). The first-order valence-corrected chi connectivity index (χ1v) is 6.70. The fraction of sp³-hybridized carbons (Fsp3) is 0.923. The summed E-state index contributed by atoms with van der Waals surface area (Å²) in [5.74, 6) is 2.90. The Balaban J connectivity index is 1.69. The monoisotopic (exact) mass is 224 g/mol. The fourth-order valence-electron chi connectivity index (χ4n) is 5.67. The minimum absolute atomic E-state index is 0.0943. The highest BCUT2D eigenvalue weighted by molar-refractivity contribution is 6.63. The first-order chi connectivity index (χ1) is 7.14. The van der Waals surface area contributed by atoms with Gasteiger partial charge in [-0.1, -0.05) is 0 Å². The summed E-state index contributed by atoms with van der Waals surface area (Å²) >= 11 is 5.62. The minimum atomic E-state index is -0.0943. The Morgan fingerprint density at radius 2 is 2.13 bits per heavy atom. The van der Waals surface area contributed by atoms with Crippen LogP contribution in [0.1, 0.15) is 44.9 Å². The second-order valence-corrected chi connectivity index (χ2v) is 7.11. The van der Waals surface area contributed by atoms with Crippen LogP contribution in [0.3, 0.4) is 0 Å². The Morgan fingerprint density at radius 3 is 2.93 bits per heavy atom. The van der Waals surface area contributed by atoms with Gasteiger partial charge in [0.2, 0.25) is 5.24 Å². The van der Waals surface area contributed by atoms with E-state index in [2.05, 4.69) is 0 Å². The first kappa shape index (κ1) is 9.04. The molecule has 0 saturated heterocycles. The van der Waals surface area contributed by atoms with Gasteiger partial charge in [0.05, 0.1) is 0 Å². The molecule has 4 saturated carbocycles. The molecule has 0 heterocycles. The predicted octanol–water partition coefficient (Wildman–Crippen LogP) is 3.36. The second-order valence-electron chi connectivity index (χ2n) is 6.68. The molecule has 2 heteroatoms. The standard InChI is InChI=1S/C13H17ClO/c14-11(15)7-12-3-8-1-2-13(10(8)6-12)5-9(13)4-12/h8-10H,1-7H2. The predicted molar refractivity (Wildman–Crippen MR) is 58.5 cm³/mol. The van der Waals surface area contributed by atoms with Crippen molar-refractivity contribution in [2.24, 2.45) is 28.6 Å². The van der Waals surface area contributed by atoms with Gasteiger partial charge in [-0.05, 0) is 78.7 Å². The van der Waals surface area contributed by atoms with E-state index in [0.29, 0.717) is 11.8 Å². The van der Waals surface area contributed by atoms with Crippen molar-refractivity contribution in [3.8, 4) is 0 Å². The van der Waals surface area contributed by atoms with Gasteiger partial charge in [-0.15, -0.1) is 0 Å². The summed E-state index contributed by atoms with van der Waals surface area (Å²) in [6, 6.07) is 0. The van der Waals surface area contributed by atoms with Crippen LogP contribution in [0.25, 0.3) is 0 Å². The Morgan fingerprint density at radius 1 is 1.27 bits per heavy atom. The topological polar surface area (TPSA) is 17.1 Å². The minimum Gasteiger partial charge on any atom is -0.281 e. The van der Waals surface area contributed by atoms with Crippen LogP contribution >= 0.6 is 11.6 Å². The number of hydrogen-bond donors (Lipinski definition) is 0. The summed E-state index contributed by atoms with van der Waals surface area (Å²) < 4.78 is 0. The highest BCUT2D eigenvalue weighted by atomic mass is 35.5. The molecule has 1 spiro atoms. The van der Waals surface area contributed by atoms with Gasteiger partial charge >= 0.3 is 0 Å². The summed E-state index contributed by atoms with van der Waals surface area (Å²) in [6.07, 6.45) is 9.04. The SMILES string of the molecule is O=C(Cl)CC12CC3CCC4(CC4C1)C3C2. The van der Waals surface area contributed by atoms with Crippen LogP contribution in [0.15, 0.2) is 0 Å². The molecule has 4 aliphatic rings. The number of carbonyl (C=O) groups is 1. The summed E-state index contributed by atoms with van der Waals surface area (Å²) in [6.45, 7) is 0. The molecule has 0 amide bonds. The third kappa shape index (κ3) is 0.988. The molecule has 4 fully saturated rings. The van der Waals surface area contributed by atoms with E-state index in [9.17, 15) is 4.79 Å². The van der Waals surface area contributed by atoms with Crippen LogP contribution in [-0.4, -0.2) is 5.24 Å². The summed E-state index contributed by atoms with van der Waals surface area (Å²) in [7, 11) is 0. The Hall–Kier alpha value is -0.0400. The highest BCUT2D eigenvalue weighted by Crippen LogP contribution is 2.80. The van der Waals surface area contributed by atoms with Gasteiger partial charge in [0.25, 0.3) is 0 Å². The lowest BCUT2D eigenvalue weighted by atomic mass is 9.69. The molecular weight excluding hydrogens is 208 g/mol. The molecule has 4 aliphatic carbocycles. The summed E-state index contributed by atoms with van der Waals surface area (Å²) in [5, 5.41) is -0.0943. The van der Waals surface area contributed by atoms with Gasteiger partial charge in [0, 0.05) is 6.42 Å². The molecule has 0 aromatic rings. The zero-order valence-corrected chi connectivity index (χ0v) is 9.72. The molecule has 0 N–H and O–H groups in total. The van der Waals surface area contributed by atoms with Crippen molar-refractivity contribution >= 4 is 16.8 Å². The van der Waals surface area contributed by atoms with Crippen molar-refractivity contribution in [2.75, 3.05) is 0 Å². The first-order valence-electron chi connectivity index (χ1n) is 6.32. The lowest BCUT2D eigenvalue weighted by molar-refractivity contribution is -0.114. The van der Waals surface area contributed by atoms with E-state index in [-0.39, 0.29) is 5.24 Å². The molecule has 82 valence electrons.